The van der Waals surface area contributed by atoms with Gasteiger partial charge < -0.3 is 0 Å². The molecule has 1 saturated carbocycles. The van der Waals surface area contributed by atoms with E-state index >= 15 is 0 Å². The van der Waals surface area contributed by atoms with Gasteiger partial charge in [-0.3, -0.25) is 24.5 Å². The Balaban J connectivity index is 1.64. The van der Waals surface area contributed by atoms with Crippen LogP contribution < -0.4 is 4.90 Å². The Morgan fingerprint density at radius 3 is 2.00 bits per heavy atom. The number of ketones is 1. The summed E-state index contributed by atoms with van der Waals surface area (Å²) in [4.78, 5) is 55.1. The van der Waals surface area contributed by atoms with Gasteiger partial charge in [-0.1, -0.05) is 85.6 Å². The number of amides is 2. The van der Waals surface area contributed by atoms with Gasteiger partial charge in [0.1, 0.15) is 0 Å². The number of non-ortho nitro benzene ring substituents is 1. The molecule has 4 atom stereocenters. The maximum absolute atomic E-state index is 14.6. The van der Waals surface area contributed by atoms with Crippen molar-refractivity contribution in [3.8, 4) is 0 Å². The fraction of sp³-hybridized carbons (Fsp3) is 0.258. The predicted octanol–water partition coefficient (Wildman–Crippen LogP) is 6.35. The number of rotatable bonds is 6. The maximum atomic E-state index is 14.6. The lowest BCUT2D eigenvalue weighted by Crippen LogP contribution is -2.41. The summed E-state index contributed by atoms with van der Waals surface area (Å²) in [7, 11) is 0. The number of allylic oxidation sites excluding steroid dienone is 2. The summed E-state index contributed by atoms with van der Waals surface area (Å²) in [6.07, 6.45) is 1.00. The lowest BCUT2D eigenvalue weighted by molar-refractivity contribution is -0.384. The molecule has 2 amide bonds. The Morgan fingerprint density at radius 1 is 0.872 bits per heavy atom. The number of carbonyl (C=O) groups excluding carboxylic acids is 3. The summed E-state index contributed by atoms with van der Waals surface area (Å²) < 4.78 is 0. The predicted molar refractivity (Wildman–Crippen MR) is 148 cm³/mol. The average molecular weight is 541 g/mol. The zero-order valence-electron chi connectivity index (χ0n) is 21.4. The van der Waals surface area contributed by atoms with Crippen LogP contribution in [0.4, 0.5) is 11.4 Å². The van der Waals surface area contributed by atoms with E-state index in [4.69, 9.17) is 11.6 Å². The number of halogens is 1. The fourth-order valence-electron chi connectivity index (χ4n) is 7.38. The second kappa shape index (κ2) is 8.71. The van der Waals surface area contributed by atoms with Gasteiger partial charge in [0.25, 0.3) is 5.69 Å². The molecule has 6 rings (SSSR count). The summed E-state index contributed by atoms with van der Waals surface area (Å²) in [5.41, 5.74) is 0.410. The zero-order chi connectivity index (χ0) is 27.7. The van der Waals surface area contributed by atoms with Gasteiger partial charge in [0.05, 0.1) is 38.3 Å². The second-order valence-electron chi connectivity index (χ2n) is 10.6. The molecule has 8 heteroatoms. The molecule has 0 unspecified atom stereocenters. The Labute approximate surface area is 230 Å². The fourth-order valence-corrected chi connectivity index (χ4v) is 7.58. The van der Waals surface area contributed by atoms with Crippen LogP contribution >= 0.6 is 11.6 Å². The number of anilines is 1. The third-order valence-electron chi connectivity index (χ3n) is 8.70. The highest BCUT2D eigenvalue weighted by molar-refractivity contribution is 6.39. The molecule has 0 N–H and O–H groups in total. The van der Waals surface area contributed by atoms with Crippen LogP contribution in [0.15, 0.2) is 78.9 Å². The zero-order valence-corrected chi connectivity index (χ0v) is 22.1. The highest BCUT2D eigenvalue weighted by Crippen LogP contribution is 2.75. The number of benzene rings is 3. The first-order chi connectivity index (χ1) is 18.7. The Kier molecular flexibility index (Phi) is 5.63. The molecule has 2 fully saturated rings. The quantitative estimate of drug-likeness (QED) is 0.206. The molecule has 39 heavy (non-hydrogen) atoms. The van der Waals surface area contributed by atoms with E-state index in [-0.39, 0.29) is 22.2 Å². The molecule has 2 aliphatic carbocycles. The highest BCUT2D eigenvalue weighted by atomic mass is 35.5. The van der Waals surface area contributed by atoms with Crippen molar-refractivity contribution in [3.05, 3.63) is 105 Å². The molecule has 1 saturated heterocycles. The molecule has 0 radical (unpaired) electrons. The van der Waals surface area contributed by atoms with Crippen molar-refractivity contribution in [2.45, 2.75) is 26.7 Å². The van der Waals surface area contributed by atoms with Gasteiger partial charge in [-0.15, -0.1) is 0 Å². The van der Waals surface area contributed by atoms with Gasteiger partial charge in [-0.2, -0.15) is 0 Å². The molecule has 196 valence electrons. The summed E-state index contributed by atoms with van der Waals surface area (Å²) in [5, 5.41) is 11.6. The van der Waals surface area contributed by atoms with Crippen LogP contribution in [0.25, 0.3) is 11.1 Å². The van der Waals surface area contributed by atoms with Gasteiger partial charge in [0, 0.05) is 12.1 Å². The van der Waals surface area contributed by atoms with E-state index in [0.717, 1.165) is 33.2 Å². The first-order valence-corrected chi connectivity index (χ1v) is 13.3. The van der Waals surface area contributed by atoms with E-state index in [9.17, 15) is 24.5 Å². The number of nitrogens with zero attached hydrogens (tertiary/aromatic N) is 2. The van der Waals surface area contributed by atoms with E-state index in [1.165, 1.54) is 12.1 Å². The third kappa shape index (κ3) is 3.13. The van der Waals surface area contributed by atoms with Crippen LogP contribution in [0.3, 0.4) is 0 Å². The Morgan fingerprint density at radius 2 is 1.44 bits per heavy atom. The van der Waals surface area contributed by atoms with Gasteiger partial charge in [-0.05, 0) is 41.7 Å². The summed E-state index contributed by atoms with van der Waals surface area (Å²) >= 11 is 6.42. The van der Waals surface area contributed by atoms with E-state index in [0.29, 0.717) is 12.8 Å². The molecule has 0 spiro atoms. The number of hydrogen-bond acceptors (Lipinski definition) is 5. The topological polar surface area (TPSA) is 97.6 Å². The van der Waals surface area contributed by atoms with Crippen LogP contribution in [-0.4, -0.2) is 22.5 Å². The Bertz CT molecular complexity index is 1600. The second-order valence-corrected chi connectivity index (χ2v) is 11.0. The minimum absolute atomic E-state index is 0.0279. The lowest BCUT2D eigenvalue weighted by Gasteiger charge is -2.37. The lowest BCUT2D eigenvalue weighted by atomic mass is 9.61. The van der Waals surface area contributed by atoms with Crippen molar-refractivity contribution in [1.82, 2.24) is 0 Å². The van der Waals surface area contributed by atoms with Crippen LogP contribution in [0, 0.1) is 32.8 Å². The minimum Gasteiger partial charge on any atom is -0.298 e. The van der Waals surface area contributed by atoms with Crippen molar-refractivity contribution < 1.29 is 19.3 Å². The van der Waals surface area contributed by atoms with E-state index in [1.54, 1.807) is 6.92 Å². The first kappa shape index (κ1) is 25.2. The van der Waals surface area contributed by atoms with Crippen molar-refractivity contribution in [3.63, 3.8) is 0 Å². The molecule has 0 aromatic heterocycles. The maximum Gasteiger partial charge on any atom is 0.271 e. The number of nitro groups is 1. The summed E-state index contributed by atoms with van der Waals surface area (Å²) in [6.45, 7) is 3.75. The number of carbonyl (C=O) groups is 3. The molecular formula is C31H25ClN2O5. The largest absolute Gasteiger partial charge is 0.298 e. The van der Waals surface area contributed by atoms with Crippen LogP contribution in [0.1, 0.15) is 37.8 Å². The molecule has 1 aliphatic heterocycles. The van der Waals surface area contributed by atoms with Crippen molar-refractivity contribution >= 4 is 51.7 Å². The van der Waals surface area contributed by atoms with Crippen LogP contribution in [0.2, 0.25) is 5.02 Å². The standard InChI is InChI=1S/C31H25ClN2O5/c1-3-16-31-24(19-12-8-5-9-13-19)23(18-10-6-4-7-11-18)30(2,29(31)37)25-26(31)28(36)33(27(25)35)22-17-20(34(38)39)14-15-21(22)32/h4-15,17,25-26H,3,16H2,1-2H3/t25-,26-,30+,31-/m1/s1. The highest BCUT2D eigenvalue weighted by Gasteiger charge is 2.80. The first-order valence-electron chi connectivity index (χ1n) is 12.9. The van der Waals surface area contributed by atoms with Gasteiger partial charge in [-0.25, -0.2) is 4.90 Å². The summed E-state index contributed by atoms with van der Waals surface area (Å²) in [5.74, 6) is -3.11. The third-order valence-corrected chi connectivity index (χ3v) is 9.02. The average Bonchev–Trinajstić information content (AvgIpc) is 3.40. The molecule has 1 heterocycles. The van der Waals surface area contributed by atoms with Crippen LogP contribution in [0.5, 0.6) is 0 Å². The van der Waals surface area contributed by atoms with Gasteiger partial charge in [0.15, 0.2) is 5.78 Å². The van der Waals surface area contributed by atoms with Crippen LogP contribution in [-0.2, 0) is 14.4 Å². The minimum atomic E-state index is -1.28. The van der Waals surface area contributed by atoms with Gasteiger partial charge in [0.2, 0.25) is 11.8 Å². The van der Waals surface area contributed by atoms with Crippen molar-refractivity contribution in [1.29, 1.82) is 0 Å². The number of Topliss-reactive ketones (excluding diaryl/α,β-unsaturated/α-hetero) is 1. The SMILES string of the molecule is CCC[C@@]12C(=O)[C@@](C)(C(c3ccccc3)=C1c1ccccc1)[C@H]1C(=O)N(c3cc([N+](=O)[O-])ccc3Cl)C(=O)[C@@H]12. The molecule has 3 aromatic carbocycles. The molecule has 3 aromatic rings. The molecule has 3 aliphatic rings. The number of nitro benzene ring substituents is 1. The molecule has 2 bridgehead atoms. The smallest absolute Gasteiger partial charge is 0.271 e. The number of fused-ring (bicyclic) bond motifs is 5. The summed E-state index contributed by atoms with van der Waals surface area (Å²) in [6, 6.07) is 22.8. The van der Waals surface area contributed by atoms with Crippen molar-refractivity contribution in [2.24, 2.45) is 22.7 Å². The number of hydrogen-bond donors (Lipinski definition) is 0. The Hall–Kier alpha value is -4.10. The van der Waals surface area contributed by atoms with E-state index < -0.39 is 39.4 Å². The molecule has 7 nitrogen and oxygen atoms in total. The normalized spacial score (nSPS) is 27.5. The molecular weight excluding hydrogens is 516 g/mol. The van der Waals surface area contributed by atoms with Crippen molar-refractivity contribution in [2.75, 3.05) is 4.90 Å². The van der Waals surface area contributed by atoms with E-state index in [1.807, 2.05) is 67.6 Å². The van der Waals surface area contributed by atoms with Gasteiger partial charge >= 0.3 is 0 Å². The monoisotopic (exact) mass is 540 g/mol. The number of imide groups is 1. The van der Waals surface area contributed by atoms with E-state index in [2.05, 4.69) is 0 Å².